The van der Waals surface area contributed by atoms with E-state index in [4.69, 9.17) is 32.7 Å². The van der Waals surface area contributed by atoms with E-state index in [0.717, 1.165) is 0 Å². The number of esters is 1. The van der Waals surface area contributed by atoms with Crippen LogP contribution in [0.5, 0.6) is 0 Å². The van der Waals surface area contributed by atoms with E-state index in [-0.39, 0.29) is 24.3 Å². The molecule has 2 heterocycles. The standard InChI is InChI=1S/C24H20Cl2N2O4S/c1-14-20(23(30)32-12-11-31-2)21(16-8-4-6-10-18(16)26)28-22(29)19(33-24(28)27-14)13-15-7-3-5-9-17(15)25/h3-10,13,21H,11-12H2,1-2H3. The van der Waals surface area contributed by atoms with Gasteiger partial charge in [-0.05, 0) is 36.3 Å². The molecule has 0 N–H and O–H groups in total. The van der Waals surface area contributed by atoms with E-state index >= 15 is 0 Å². The smallest absolute Gasteiger partial charge is 0.338 e. The van der Waals surface area contributed by atoms with Crippen LogP contribution in [0.3, 0.4) is 0 Å². The van der Waals surface area contributed by atoms with Crippen LogP contribution in [0, 0.1) is 0 Å². The molecule has 0 aliphatic carbocycles. The fraction of sp³-hybridized carbons (Fsp3) is 0.208. The van der Waals surface area contributed by atoms with Gasteiger partial charge in [0.1, 0.15) is 12.6 Å². The largest absolute Gasteiger partial charge is 0.460 e. The minimum absolute atomic E-state index is 0.0816. The summed E-state index contributed by atoms with van der Waals surface area (Å²) in [5.74, 6) is -0.571. The second-order valence-electron chi connectivity index (χ2n) is 7.25. The topological polar surface area (TPSA) is 69.9 Å². The fourth-order valence-corrected chi connectivity index (χ4v) is 5.07. The number of rotatable bonds is 6. The van der Waals surface area contributed by atoms with Gasteiger partial charge in [0.25, 0.3) is 5.56 Å². The number of aromatic nitrogens is 1. The van der Waals surface area contributed by atoms with Gasteiger partial charge in [0.05, 0.1) is 22.4 Å². The van der Waals surface area contributed by atoms with Crippen LogP contribution in [0.1, 0.15) is 24.1 Å². The quantitative estimate of drug-likeness (QED) is 0.380. The first kappa shape index (κ1) is 23.4. The highest BCUT2D eigenvalue weighted by molar-refractivity contribution is 7.07. The van der Waals surface area contributed by atoms with Crippen molar-refractivity contribution in [2.45, 2.75) is 13.0 Å². The molecule has 0 radical (unpaired) electrons. The molecule has 0 spiro atoms. The van der Waals surface area contributed by atoms with Gasteiger partial charge in [0, 0.05) is 17.2 Å². The molecule has 0 bridgehead atoms. The van der Waals surface area contributed by atoms with Crippen molar-refractivity contribution in [1.29, 1.82) is 0 Å². The molecule has 3 aromatic rings. The lowest BCUT2D eigenvalue weighted by molar-refractivity contribution is -0.140. The maximum Gasteiger partial charge on any atom is 0.338 e. The van der Waals surface area contributed by atoms with E-state index in [1.807, 2.05) is 24.3 Å². The van der Waals surface area contributed by atoms with Gasteiger partial charge < -0.3 is 9.47 Å². The van der Waals surface area contributed by atoms with Gasteiger partial charge in [0.15, 0.2) is 4.80 Å². The highest BCUT2D eigenvalue weighted by atomic mass is 35.5. The third-order valence-corrected chi connectivity index (χ3v) is 6.83. The number of allylic oxidation sites excluding steroid dienone is 1. The Morgan fingerprint density at radius 3 is 2.52 bits per heavy atom. The van der Waals surface area contributed by atoms with Crippen LogP contribution in [-0.4, -0.2) is 30.9 Å². The Balaban J connectivity index is 1.92. The lowest BCUT2D eigenvalue weighted by atomic mass is 9.96. The molecule has 2 aromatic carbocycles. The van der Waals surface area contributed by atoms with Gasteiger partial charge in [-0.15, -0.1) is 0 Å². The second-order valence-corrected chi connectivity index (χ2v) is 9.08. The van der Waals surface area contributed by atoms with E-state index in [1.54, 1.807) is 37.3 Å². The SMILES string of the molecule is COCCOC(=O)C1=C(C)N=c2sc(=Cc3ccccc3Cl)c(=O)n2C1c1ccccc1Cl. The molecule has 1 aliphatic rings. The van der Waals surface area contributed by atoms with Crippen LogP contribution in [0.4, 0.5) is 0 Å². The maximum atomic E-state index is 13.6. The monoisotopic (exact) mass is 502 g/mol. The first-order valence-electron chi connectivity index (χ1n) is 10.1. The Kier molecular flexibility index (Phi) is 7.14. The van der Waals surface area contributed by atoms with E-state index in [0.29, 0.717) is 36.2 Å². The lowest BCUT2D eigenvalue weighted by Crippen LogP contribution is -2.40. The number of thiazole rings is 1. The molecule has 9 heteroatoms. The minimum atomic E-state index is -0.779. The number of carbonyl (C=O) groups is 1. The van der Waals surface area contributed by atoms with E-state index < -0.39 is 12.0 Å². The number of carbonyl (C=O) groups excluding carboxylic acids is 1. The Labute approximate surface area is 204 Å². The molecule has 170 valence electrons. The molecule has 1 unspecified atom stereocenters. The van der Waals surface area contributed by atoms with Crippen molar-refractivity contribution >= 4 is 46.6 Å². The molecule has 6 nitrogen and oxygen atoms in total. The molecule has 0 saturated carbocycles. The average Bonchev–Trinajstić information content (AvgIpc) is 3.09. The highest BCUT2D eigenvalue weighted by Crippen LogP contribution is 2.34. The number of halogens is 2. The van der Waals surface area contributed by atoms with Crippen LogP contribution < -0.4 is 14.9 Å². The number of benzene rings is 2. The predicted molar refractivity (Wildman–Crippen MR) is 130 cm³/mol. The van der Waals surface area contributed by atoms with E-state index in [2.05, 4.69) is 4.99 Å². The summed E-state index contributed by atoms with van der Waals surface area (Å²) in [5.41, 5.74) is 1.76. The molecule has 1 atom stereocenters. The van der Waals surface area contributed by atoms with Gasteiger partial charge in [-0.25, -0.2) is 9.79 Å². The molecular formula is C24H20Cl2N2O4S. The van der Waals surface area contributed by atoms with Gasteiger partial charge in [0.2, 0.25) is 0 Å². The zero-order chi connectivity index (χ0) is 23.5. The first-order valence-corrected chi connectivity index (χ1v) is 11.7. The number of fused-ring (bicyclic) bond motifs is 1. The Bertz CT molecular complexity index is 1420. The predicted octanol–water partition coefficient (Wildman–Crippen LogP) is 3.73. The summed E-state index contributed by atoms with van der Waals surface area (Å²) in [7, 11) is 1.52. The summed E-state index contributed by atoms with van der Waals surface area (Å²) in [5, 5.41) is 0.963. The van der Waals surface area contributed by atoms with Crippen LogP contribution in [0.25, 0.3) is 6.08 Å². The Morgan fingerprint density at radius 2 is 1.82 bits per heavy atom. The van der Waals surface area contributed by atoms with Crippen molar-refractivity contribution in [2.75, 3.05) is 20.3 Å². The van der Waals surface area contributed by atoms with Crippen LogP contribution >= 0.6 is 34.5 Å². The number of nitrogens with zero attached hydrogens (tertiary/aromatic N) is 2. The van der Waals surface area contributed by atoms with Crippen molar-refractivity contribution in [3.05, 3.63) is 101 Å². The average molecular weight is 503 g/mol. The van der Waals surface area contributed by atoms with Gasteiger partial charge in [-0.3, -0.25) is 9.36 Å². The number of hydrogen-bond donors (Lipinski definition) is 0. The van der Waals surface area contributed by atoms with Crippen molar-refractivity contribution in [3.8, 4) is 0 Å². The summed E-state index contributed by atoms with van der Waals surface area (Å²) in [6.07, 6.45) is 1.73. The second kappa shape index (κ2) is 10.1. The number of ether oxygens (including phenoxy) is 2. The van der Waals surface area contributed by atoms with Crippen molar-refractivity contribution in [1.82, 2.24) is 4.57 Å². The molecule has 4 rings (SSSR count). The lowest BCUT2D eigenvalue weighted by Gasteiger charge is -2.25. The number of hydrogen-bond acceptors (Lipinski definition) is 6. The third kappa shape index (κ3) is 4.68. The number of methoxy groups -OCH3 is 1. The first-order chi connectivity index (χ1) is 15.9. The maximum absolute atomic E-state index is 13.6. The highest BCUT2D eigenvalue weighted by Gasteiger charge is 2.34. The molecule has 1 aliphatic heterocycles. The summed E-state index contributed by atoms with van der Waals surface area (Å²) >= 11 is 14.0. The fourth-order valence-electron chi connectivity index (χ4n) is 3.60. The van der Waals surface area contributed by atoms with Gasteiger partial charge >= 0.3 is 5.97 Å². The molecule has 0 amide bonds. The summed E-state index contributed by atoms with van der Waals surface area (Å²) in [6.45, 7) is 2.06. The molecule has 0 saturated heterocycles. The van der Waals surface area contributed by atoms with Gasteiger partial charge in [-0.1, -0.05) is 70.9 Å². The summed E-state index contributed by atoms with van der Waals surface area (Å²) in [4.78, 5) is 31.7. The van der Waals surface area contributed by atoms with Crippen LogP contribution in [0.15, 0.2) is 69.6 Å². The van der Waals surface area contributed by atoms with Crippen LogP contribution in [0.2, 0.25) is 10.0 Å². The molecular weight excluding hydrogens is 483 g/mol. The molecule has 33 heavy (non-hydrogen) atoms. The van der Waals surface area contributed by atoms with Crippen molar-refractivity contribution in [3.63, 3.8) is 0 Å². The normalized spacial score (nSPS) is 15.9. The van der Waals surface area contributed by atoms with Crippen molar-refractivity contribution in [2.24, 2.45) is 4.99 Å². The Morgan fingerprint density at radius 1 is 1.12 bits per heavy atom. The minimum Gasteiger partial charge on any atom is -0.460 e. The Hall–Kier alpha value is -2.71. The third-order valence-electron chi connectivity index (χ3n) is 5.15. The zero-order valence-corrected chi connectivity index (χ0v) is 20.2. The zero-order valence-electron chi connectivity index (χ0n) is 17.9. The summed E-state index contributed by atoms with van der Waals surface area (Å²) in [6, 6.07) is 13.6. The summed E-state index contributed by atoms with van der Waals surface area (Å²) < 4.78 is 12.3. The van der Waals surface area contributed by atoms with Crippen molar-refractivity contribution < 1.29 is 14.3 Å². The molecule has 1 aromatic heterocycles. The van der Waals surface area contributed by atoms with E-state index in [9.17, 15) is 9.59 Å². The van der Waals surface area contributed by atoms with Crippen LogP contribution in [-0.2, 0) is 14.3 Å². The van der Waals surface area contributed by atoms with Gasteiger partial charge in [-0.2, -0.15) is 0 Å². The van der Waals surface area contributed by atoms with E-state index in [1.165, 1.54) is 23.0 Å². The molecule has 0 fully saturated rings.